The van der Waals surface area contributed by atoms with E-state index in [9.17, 15) is 9.59 Å². The highest BCUT2D eigenvalue weighted by Crippen LogP contribution is 2.16. The Morgan fingerprint density at radius 2 is 2.20 bits per heavy atom. The summed E-state index contributed by atoms with van der Waals surface area (Å²) in [6, 6.07) is 6.22. The van der Waals surface area contributed by atoms with Gasteiger partial charge in [-0.25, -0.2) is 4.79 Å². The minimum Gasteiger partial charge on any atom is -0.480 e. The number of carboxylic acid groups (broad SMARTS) is 1. The van der Waals surface area contributed by atoms with Crippen molar-refractivity contribution in [2.24, 2.45) is 0 Å². The van der Waals surface area contributed by atoms with Gasteiger partial charge in [0.05, 0.1) is 0 Å². The van der Waals surface area contributed by atoms with Crippen LogP contribution in [0.3, 0.4) is 0 Å². The molecule has 0 radical (unpaired) electrons. The highest BCUT2D eigenvalue weighted by molar-refractivity contribution is 6.30. The molecule has 1 aromatic rings. The molecule has 15 heavy (non-hydrogen) atoms. The van der Waals surface area contributed by atoms with E-state index in [-0.39, 0.29) is 5.75 Å². The Morgan fingerprint density at radius 1 is 1.47 bits per heavy atom. The van der Waals surface area contributed by atoms with E-state index in [0.717, 1.165) is 0 Å². The zero-order valence-corrected chi connectivity index (χ0v) is 8.32. The second kappa shape index (κ2) is 5.21. The Morgan fingerprint density at radius 3 is 2.80 bits per heavy atom. The van der Waals surface area contributed by atoms with Crippen molar-refractivity contribution in [3.8, 4) is 5.75 Å². The lowest BCUT2D eigenvalue weighted by atomic mass is 10.3. The number of ether oxygens (including phenoxy) is 1. The molecule has 0 bridgehead atoms. The molecule has 0 saturated heterocycles. The zero-order valence-electron chi connectivity index (χ0n) is 7.57. The first-order valence-electron chi connectivity index (χ1n) is 4.01. The summed E-state index contributed by atoms with van der Waals surface area (Å²) in [7, 11) is 0. The first-order chi connectivity index (χ1) is 7.08. The number of hydrogen-bond donors (Lipinski definition) is 2. The molecular weight excluding hydrogens is 222 g/mol. The van der Waals surface area contributed by atoms with Crippen LogP contribution in [0.5, 0.6) is 5.75 Å². The summed E-state index contributed by atoms with van der Waals surface area (Å²) >= 11 is 5.65. The van der Waals surface area contributed by atoms with Gasteiger partial charge in [0.25, 0.3) is 0 Å². The van der Waals surface area contributed by atoms with Crippen LogP contribution < -0.4 is 10.1 Å². The van der Waals surface area contributed by atoms with Crippen molar-refractivity contribution in [2.75, 3.05) is 6.54 Å². The van der Waals surface area contributed by atoms with Gasteiger partial charge in [-0.1, -0.05) is 17.7 Å². The maximum atomic E-state index is 11.0. The van der Waals surface area contributed by atoms with Crippen LogP contribution in [-0.4, -0.2) is 23.7 Å². The molecule has 80 valence electrons. The lowest BCUT2D eigenvalue weighted by Gasteiger charge is -2.04. The molecule has 0 aliphatic carbocycles. The predicted octanol–water partition coefficient (Wildman–Crippen LogP) is 1.51. The van der Waals surface area contributed by atoms with E-state index >= 15 is 0 Å². The van der Waals surface area contributed by atoms with E-state index in [1.165, 1.54) is 12.1 Å². The molecule has 5 nitrogen and oxygen atoms in total. The van der Waals surface area contributed by atoms with Gasteiger partial charge in [0.1, 0.15) is 12.3 Å². The number of carbonyl (C=O) groups excluding carboxylic acids is 1. The monoisotopic (exact) mass is 229 g/mol. The van der Waals surface area contributed by atoms with Crippen molar-refractivity contribution >= 4 is 23.7 Å². The van der Waals surface area contributed by atoms with E-state index in [0.29, 0.717) is 5.02 Å². The van der Waals surface area contributed by atoms with E-state index in [1.54, 1.807) is 12.1 Å². The number of carbonyl (C=O) groups is 2. The third-order valence-corrected chi connectivity index (χ3v) is 1.63. The first kappa shape index (κ1) is 11.3. The maximum absolute atomic E-state index is 11.0. The second-order valence-corrected chi connectivity index (χ2v) is 3.03. The van der Waals surface area contributed by atoms with Crippen molar-refractivity contribution in [3.05, 3.63) is 29.3 Å². The second-order valence-electron chi connectivity index (χ2n) is 2.59. The number of hydrogen-bond acceptors (Lipinski definition) is 3. The average Bonchev–Trinajstić information content (AvgIpc) is 2.15. The van der Waals surface area contributed by atoms with E-state index in [4.69, 9.17) is 21.4 Å². The molecule has 1 aromatic carbocycles. The molecule has 0 unspecified atom stereocenters. The third kappa shape index (κ3) is 4.33. The molecule has 0 fully saturated rings. The number of halogens is 1. The SMILES string of the molecule is O=C(O)CNC(=O)Oc1cccc(Cl)c1. The van der Waals surface area contributed by atoms with Gasteiger partial charge in [-0.15, -0.1) is 0 Å². The molecule has 2 N–H and O–H groups in total. The lowest BCUT2D eigenvalue weighted by Crippen LogP contribution is -2.31. The largest absolute Gasteiger partial charge is 0.480 e. The summed E-state index contributed by atoms with van der Waals surface area (Å²) in [5.74, 6) is -0.886. The number of rotatable bonds is 3. The van der Waals surface area contributed by atoms with Crippen molar-refractivity contribution in [3.63, 3.8) is 0 Å². The Kier molecular flexibility index (Phi) is 3.93. The maximum Gasteiger partial charge on any atom is 0.413 e. The number of carboxylic acids is 1. The molecule has 0 aliphatic heterocycles. The molecule has 1 rings (SSSR count). The van der Waals surface area contributed by atoms with E-state index in [1.807, 2.05) is 5.32 Å². The van der Waals surface area contributed by atoms with Crippen molar-refractivity contribution in [2.45, 2.75) is 0 Å². The molecule has 0 spiro atoms. The fourth-order valence-corrected chi connectivity index (χ4v) is 1.00. The fourth-order valence-electron chi connectivity index (χ4n) is 0.821. The molecule has 0 atom stereocenters. The Balaban J connectivity index is 2.48. The van der Waals surface area contributed by atoms with Crippen LogP contribution in [0.15, 0.2) is 24.3 Å². The zero-order chi connectivity index (χ0) is 11.3. The topological polar surface area (TPSA) is 75.6 Å². The summed E-state index contributed by atoms with van der Waals surface area (Å²) in [6.45, 7) is -0.487. The molecule has 1 amide bonds. The highest BCUT2D eigenvalue weighted by Gasteiger charge is 2.05. The van der Waals surface area contributed by atoms with Gasteiger partial charge in [-0.3, -0.25) is 4.79 Å². The first-order valence-corrected chi connectivity index (χ1v) is 4.39. The van der Waals surface area contributed by atoms with Gasteiger partial charge >= 0.3 is 12.1 Å². The third-order valence-electron chi connectivity index (χ3n) is 1.39. The molecule has 6 heteroatoms. The van der Waals surface area contributed by atoms with Gasteiger partial charge in [0.2, 0.25) is 0 Å². The van der Waals surface area contributed by atoms with E-state index < -0.39 is 18.6 Å². The number of aliphatic carboxylic acids is 1. The van der Waals surface area contributed by atoms with Gasteiger partial charge < -0.3 is 15.2 Å². The summed E-state index contributed by atoms with van der Waals surface area (Å²) in [6.07, 6.45) is -0.834. The minimum absolute atomic E-state index is 0.255. The van der Waals surface area contributed by atoms with Gasteiger partial charge in [-0.2, -0.15) is 0 Å². The smallest absolute Gasteiger partial charge is 0.413 e. The Hall–Kier alpha value is -1.75. The summed E-state index contributed by atoms with van der Waals surface area (Å²) in [5, 5.41) is 10.8. The average molecular weight is 230 g/mol. The fraction of sp³-hybridized carbons (Fsp3) is 0.111. The molecule has 0 heterocycles. The van der Waals surface area contributed by atoms with Crippen LogP contribution in [-0.2, 0) is 4.79 Å². The van der Waals surface area contributed by atoms with Crippen LogP contribution in [0, 0.1) is 0 Å². The van der Waals surface area contributed by atoms with Crippen LogP contribution in [0.2, 0.25) is 5.02 Å². The van der Waals surface area contributed by atoms with E-state index in [2.05, 4.69) is 0 Å². The number of nitrogens with one attached hydrogen (secondary N) is 1. The Labute approximate surface area is 90.6 Å². The van der Waals surface area contributed by atoms with Crippen molar-refractivity contribution in [1.29, 1.82) is 0 Å². The predicted molar refractivity (Wildman–Crippen MR) is 53.1 cm³/mol. The quantitative estimate of drug-likeness (QED) is 0.824. The van der Waals surface area contributed by atoms with Crippen LogP contribution >= 0.6 is 11.6 Å². The Bertz CT molecular complexity index is 380. The van der Waals surface area contributed by atoms with Gasteiger partial charge in [-0.05, 0) is 18.2 Å². The van der Waals surface area contributed by atoms with Crippen LogP contribution in [0.1, 0.15) is 0 Å². The molecular formula is C9H8ClNO4. The summed E-state index contributed by atoms with van der Waals surface area (Å²) < 4.78 is 4.75. The molecule has 0 aromatic heterocycles. The van der Waals surface area contributed by atoms with Crippen LogP contribution in [0.25, 0.3) is 0 Å². The van der Waals surface area contributed by atoms with Crippen LogP contribution in [0.4, 0.5) is 4.79 Å². The number of amides is 1. The van der Waals surface area contributed by atoms with Gasteiger partial charge in [0, 0.05) is 5.02 Å². The molecule has 0 aliphatic rings. The lowest BCUT2D eigenvalue weighted by molar-refractivity contribution is -0.135. The normalized spacial score (nSPS) is 9.40. The molecule has 0 saturated carbocycles. The van der Waals surface area contributed by atoms with Crippen molar-refractivity contribution < 1.29 is 19.4 Å². The number of benzene rings is 1. The summed E-state index contributed by atoms with van der Waals surface area (Å²) in [5.41, 5.74) is 0. The standard InChI is InChI=1S/C9H8ClNO4/c10-6-2-1-3-7(4-6)15-9(14)11-5-8(12)13/h1-4H,5H2,(H,11,14)(H,12,13). The highest BCUT2D eigenvalue weighted by atomic mass is 35.5. The minimum atomic E-state index is -1.14. The summed E-state index contributed by atoms with van der Waals surface area (Å²) in [4.78, 5) is 21.1. The van der Waals surface area contributed by atoms with Crippen molar-refractivity contribution in [1.82, 2.24) is 5.32 Å². The van der Waals surface area contributed by atoms with Gasteiger partial charge in [0.15, 0.2) is 0 Å².